The number of nitrogens with two attached hydrogens (primary N) is 1. The molecular weight excluding hydrogens is 350 g/mol. The Labute approximate surface area is 122 Å². The van der Waals surface area contributed by atoms with Gasteiger partial charge in [0.1, 0.15) is 0 Å². The highest BCUT2D eigenvalue weighted by atomic mass is 19.4. The zero-order valence-electron chi connectivity index (χ0n) is 11.0. The molecule has 0 fully saturated rings. The molecule has 0 saturated carbocycles. The van der Waals surface area contributed by atoms with E-state index < -0.39 is 52.6 Å². The first-order valence-corrected chi connectivity index (χ1v) is 5.58. The number of alkyl halides is 10. The molecule has 0 bridgehead atoms. The minimum atomic E-state index is -6.52. The number of rotatable bonds is 2. The van der Waals surface area contributed by atoms with Crippen molar-refractivity contribution >= 4 is 5.69 Å². The Balaban J connectivity index is 3.82. The van der Waals surface area contributed by atoms with Gasteiger partial charge in [-0.05, 0) is 18.6 Å². The van der Waals surface area contributed by atoms with Gasteiger partial charge in [0.05, 0.1) is 11.3 Å². The molecule has 0 radical (unpaired) electrons. The third-order valence-corrected chi connectivity index (χ3v) is 2.96. The van der Waals surface area contributed by atoms with Crippen LogP contribution in [0.1, 0.15) is 16.7 Å². The monoisotopic (exact) mass is 358 g/mol. The minimum absolute atomic E-state index is 0.00537. The lowest BCUT2D eigenvalue weighted by molar-refractivity contribution is -0.348. The van der Waals surface area contributed by atoms with Gasteiger partial charge in [-0.15, -0.1) is 0 Å². The van der Waals surface area contributed by atoms with Crippen molar-refractivity contribution in [1.82, 2.24) is 0 Å². The number of nitrogen functional groups attached to an aromatic ring is 1. The van der Waals surface area contributed by atoms with Gasteiger partial charge in [-0.25, -0.2) is 4.39 Å². The minimum Gasteiger partial charge on any atom is -0.323 e. The first-order valence-electron chi connectivity index (χ1n) is 5.58. The summed E-state index contributed by atoms with van der Waals surface area (Å²) >= 11 is 0. The van der Waals surface area contributed by atoms with Crippen LogP contribution in [-0.2, 0) is 11.8 Å². The van der Waals surface area contributed by atoms with Crippen molar-refractivity contribution in [2.45, 2.75) is 31.1 Å². The second-order valence-electron chi connectivity index (χ2n) is 4.51. The molecule has 0 spiro atoms. The van der Waals surface area contributed by atoms with Crippen LogP contribution in [0.25, 0.3) is 0 Å². The molecule has 0 aliphatic carbocycles. The molecule has 23 heavy (non-hydrogen) atoms. The summed E-state index contributed by atoms with van der Waals surface area (Å²) in [6, 6.07) is -0.561. The first kappa shape index (κ1) is 19.3. The molecule has 0 amide bonds. The highest BCUT2D eigenvalue weighted by molar-refractivity contribution is 5.60. The molecule has 3 N–H and O–H groups in total. The number of nitrogens with one attached hydrogen (secondary N) is 1. The van der Waals surface area contributed by atoms with Gasteiger partial charge < -0.3 is 5.43 Å². The summed E-state index contributed by atoms with van der Waals surface area (Å²) < 4.78 is 128. The lowest BCUT2D eigenvalue weighted by atomic mass is 9.90. The van der Waals surface area contributed by atoms with Crippen molar-refractivity contribution in [2.75, 3.05) is 5.43 Å². The lowest BCUT2D eigenvalue weighted by Gasteiger charge is -2.31. The summed E-state index contributed by atoms with van der Waals surface area (Å²) in [5.41, 5.74) is -10.3. The molecule has 1 aromatic carbocycles. The first-order chi connectivity index (χ1) is 10.1. The van der Waals surface area contributed by atoms with Gasteiger partial charge in [0, 0.05) is 5.56 Å². The van der Waals surface area contributed by atoms with Crippen LogP contribution < -0.4 is 11.3 Å². The van der Waals surface area contributed by atoms with Crippen molar-refractivity contribution in [3.8, 4) is 0 Å². The normalized spacial score (nSPS) is 14.1. The Kier molecular flexibility index (Phi) is 4.56. The second-order valence-corrected chi connectivity index (χ2v) is 4.51. The molecule has 1 aromatic rings. The maximum atomic E-state index is 13.9. The number of halogens is 10. The fraction of sp³-hybridized carbons (Fsp3) is 0.455. The van der Waals surface area contributed by atoms with E-state index in [1.165, 1.54) is 5.43 Å². The van der Waals surface area contributed by atoms with Gasteiger partial charge in [-0.3, -0.25) is 5.84 Å². The van der Waals surface area contributed by atoms with Crippen LogP contribution in [0.5, 0.6) is 0 Å². The molecule has 1 rings (SSSR count). The van der Waals surface area contributed by atoms with E-state index >= 15 is 0 Å². The number of hydrogen-bond donors (Lipinski definition) is 2. The number of anilines is 1. The zero-order valence-corrected chi connectivity index (χ0v) is 11.0. The highest BCUT2D eigenvalue weighted by Gasteiger charge is 2.73. The smallest absolute Gasteiger partial charge is 0.323 e. The molecule has 0 aliphatic heterocycles. The number of hydrogen-bond acceptors (Lipinski definition) is 2. The highest BCUT2D eigenvalue weighted by Crippen LogP contribution is 2.54. The fourth-order valence-electron chi connectivity index (χ4n) is 1.89. The number of benzene rings is 1. The number of hydrazine groups is 1. The predicted octanol–water partition coefficient (Wildman–Crippen LogP) is 4.59. The maximum Gasteiger partial charge on any atom is 0.435 e. The van der Waals surface area contributed by atoms with Crippen LogP contribution in [0.4, 0.5) is 49.6 Å². The van der Waals surface area contributed by atoms with Crippen molar-refractivity contribution in [3.63, 3.8) is 0 Å². The molecule has 0 aliphatic rings. The molecule has 0 unspecified atom stereocenters. The lowest BCUT2D eigenvalue weighted by Crippen LogP contribution is -2.50. The van der Waals surface area contributed by atoms with Crippen LogP contribution in [0.3, 0.4) is 0 Å². The number of aryl methyl sites for hydroxylation is 1. The van der Waals surface area contributed by atoms with Crippen LogP contribution >= 0.6 is 0 Å². The van der Waals surface area contributed by atoms with Gasteiger partial charge in [0.25, 0.3) is 0 Å². The Morgan fingerprint density at radius 1 is 0.826 bits per heavy atom. The zero-order chi connectivity index (χ0) is 18.4. The van der Waals surface area contributed by atoms with Gasteiger partial charge in [0.15, 0.2) is 0 Å². The topological polar surface area (TPSA) is 38.0 Å². The van der Waals surface area contributed by atoms with Crippen LogP contribution in [0, 0.1) is 6.92 Å². The van der Waals surface area contributed by atoms with Gasteiger partial charge in [0.2, 0.25) is 0 Å². The summed E-state index contributed by atoms with van der Waals surface area (Å²) in [5.74, 6) is 4.79. The molecule has 0 heterocycles. The van der Waals surface area contributed by atoms with Crippen LogP contribution in [-0.4, -0.2) is 12.4 Å². The predicted molar refractivity (Wildman–Crippen MR) is 58.9 cm³/mol. The van der Waals surface area contributed by atoms with Crippen molar-refractivity contribution in [1.29, 1.82) is 0 Å². The quantitative estimate of drug-likeness (QED) is 0.461. The summed E-state index contributed by atoms with van der Waals surface area (Å²) in [6.07, 6.45) is -18.4. The van der Waals surface area contributed by atoms with Crippen molar-refractivity contribution < 1.29 is 43.9 Å². The van der Waals surface area contributed by atoms with Crippen molar-refractivity contribution in [2.24, 2.45) is 5.84 Å². The summed E-state index contributed by atoms with van der Waals surface area (Å²) in [7, 11) is 0. The van der Waals surface area contributed by atoms with E-state index in [4.69, 9.17) is 5.84 Å². The maximum absolute atomic E-state index is 13.9. The average Bonchev–Trinajstić information content (AvgIpc) is 2.32. The third kappa shape index (κ3) is 3.16. The van der Waals surface area contributed by atoms with E-state index in [2.05, 4.69) is 0 Å². The standard InChI is InChI=1S/C11H8F10N2/c1-4-2-5(3-6(7(4)23-22)9(13,14)15)8(12,10(16,17)18)11(19,20)21/h2-3,23H,22H2,1H3. The Morgan fingerprint density at radius 2 is 1.26 bits per heavy atom. The Hall–Kier alpha value is -1.72. The second kappa shape index (κ2) is 5.42. The summed E-state index contributed by atoms with van der Waals surface area (Å²) in [5, 5.41) is 0. The average molecular weight is 358 g/mol. The van der Waals surface area contributed by atoms with Crippen LogP contribution in [0.2, 0.25) is 0 Å². The molecular formula is C11H8F10N2. The molecule has 132 valence electrons. The van der Waals surface area contributed by atoms with E-state index in [9.17, 15) is 43.9 Å². The largest absolute Gasteiger partial charge is 0.435 e. The Bertz CT molecular complexity index is 570. The van der Waals surface area contributed by atoms with E-state index in [0.29, 0.717) is 0 Å². The van der Waals surface area contributed by atoms with E-state index in [0.717, 1.165) is 6.92 Å². The van der Waals surface area contributed by atoms with Gasteiger partial charge in [-0.1, -0.05) is 6.07 Å². The SMILES string of the molecule is Cc1cc(C(F)(C(F)(F)F)C(F)(F)F)cc(C(F)(F)F)c1NN. The van der Waals surface area contributed by atoms with Gasteiger partial charge >= 0.3 is 24.2 Å². The third-order valence-electron chi connectivity index (χ3n) is 2.96. The Morgan fingerprint density at radius 3 is 1.57 bits per heavy atom. The van der Waals surface area contributed by atoms with Crippen LogP contribution in [0.15, 0.2) is 12.1 Å². The fourth-order valence-corrected chi connectivity index (χ4v) is 1.89. The molecule has 0 aromatic heterocycles. The molecule has 2 nitrogen and oxygen atoms in total. The van der Waals surface area contributed by atoms with Gasteiger partial charge in [-0.2, -0.15) is 39.5 Å². The van der Waals surface area contributed by atoms with Crippen molar-refractivity contribution in [3.05, 3.63) is 28.8 Å². The molecule has 0 saturated heterocycles. The van der Waals surface area contributed by atoms with E-state index in [1.807, 2.05) is 0 Å². The molecule has 12 heteroatoms. The summed E-state index contributed by atoms with van der Waals surface area (Å²) in [6.45, 7) is 0.751. The van der Waals surface area contributed by atoms with E-state index in [1.54, 1.807) is 0 Å². The molecule has 0 atom stereocenters. The van der Waals surface area contributed by atoms with E-state index in [-0.39, 0.29) is 6.07 Å². The summed E-state index contributed by atoms with van der Waals surface area (Å²) in [4.78, 5) is 0.